The van der Waals surface area contributed by atoms with Crippen LogP contribution in [0.5, 0.6) is 0 Å². The fourth-order valence-electron chi connectivity index (χ4n) is 5.00. The van der Waals surface area contributed by atoms with Gasteiger partial charge in [-0.1, -0.05) is 60.1 Å². The largest absolute Gasteiger partial charge is 0.478 e. The summed E-state index contributed by atoms with van der Waals surface area (Å²) in [5.74, 6) is 12.5. The predicted octanol–water partition coefficient (Wildman–Crippen LogP) is 6.40. The van der Waals surface area contributed by atoms with Crippen LogP contribution >= 0.6 is 0 Å². The highest BCUT2D eigenvalue weighted by atomic mass is 16.5. The van der Waals surface area contributed by atoms with Gasteiger partial charge >= 0.3 is 5.97 Å². The number of hydrogen-bond donors (Lipinski definition) is 3. The van der Waals surface area contributed by atoms with E-state index in [4.69, 9.17) is 20.3 Å². The molecule has 0 spiro atoms. The molecule has 4 aromatic carbocycles. The Morgan fingerprint density at radius 1 is 0.592 bits per heavy atom. The highest BCUT2D eigenvalue weighted by Gasteiger charge is 2.15. The second-order valence-corrected chi connectivity index (χ2v) is 11.7. The summed E-state index contributed by atoms with van der Waals surface area (Å²) in [7, 11) is 0. The number of ether oxygens (including phenoxy) is 2. The molecular formula is C42H44N2O5. The molecule has 4 aromatic rings. The van der Waals surface area contributed by atoms with Gasteiger partial charge in [0, 0.05) is 60.8 Å². The molecule has 2 heterocycles. The average Bonchev–Trinajstić information content (AvgIpc) is 3.18. The number of amides is 1. The molecule has 0 atom stereocenters. The molecule has 0 saturated carbocycles. The minimum Gasteiger partial charge on any atom is -0.478 e. The molecular weight excluding hydrogens is 612 g/mol. The number of rotatable bonds is 5. The smallest absolute Gasteiger partial charge is 0.335 e. The maximum absolute atomic E-state index is 12.2. The van der Waals surface area contributed by atoms with Crippen molar-refractivity contribution in [2.75, 3.05) is 39.5 Å². The first-order chi connectivity index (χ1) is 24.0. The topological polar surface area (TPSA) is 111 Å². The molecule has 0 bridgehead atoms. The van der Waals surface area contributed by atoms with Gasteiger partial charge in [0.15, 0.2) is 0 Å². The standard InChI is InChI=1S/C21H21NO2.C15H10O2.C6H13NO/c23-21(22-16-19-12-14-24-15-13-19)20-10-8-18(9-11-20)7-6-17-4-2-1-3-5-17;16-15(17)14-10-8-13(9-11-14)7-6-12-4-2-1-3-5-12;7-5-6-1-3-8-4-2-6/h1-5,8-11,19H,12-16H2,(H,22,23);1-5,8-11H,(H,16,17);6H,1-5,7H2. The zero-order chi connectivity index (χ0) is 34.5. The average molecular weight is 657 g/mol. The SMILES string of the molecule is NCC1CCOCC1.O=C(NCC1CCOCC1)c1ccc(C#Cc2ccccc2)cc1.O=C(O)c1ccc(C#Cc2ccccc2)cc1. The van der Waals surface area contributed by atoms with Crippen molar-refractivity contribution in [1.82, 2.24) is 5.32 Å². The summed E-state index contributed by atoms with van der Waals surface area (Å²) in [6, 6.07) is 33.5. The zero-order valence-corrected chi connectivity index (χ0v) is 27.8. The molecule has 2 fully saturated rings. The maximum Gasteiger partial charge on any atom is 0.335 e. The number of hydrogen-bond acceptors (Lipinski definition) is 5. The van der Waals surface area contributed by atoms with Crippen molar-refractivity contribution in [1.29, 1.82) is 0 Å². The molecule has 0 radical (unpaired) electrons. The summed E-state index contributed by atoms with van der Waals surface area (Å²) in [4.78, 5) is 22.9. The monoisotopic (exact) mass is 656 g/mol. The van der Waals surface area contributed by atoms with Gasteiger partial charge in [-0.05, 0) is 117 Å². The third-order valence-electron chi connectivity index (χ3n) is 8.10. The van der Waals surface area contributed by atoms with Gasteiger partial charge in [0.2, 0.25) is 0 Å². The molecule has 2 aliphatic heterocycles. The van der Waals surface area contributed by atoms with Gasteiger partial charge in [-0.25, -0.2) is 4.79 Å². The Morgan fingerprint density at radius 2 is 0.980 bits per heavy atom. The van der Waals surface area contributed by atoms with Crippen molar-refractivity contribution >= 4 is 11.9 Å². The summed E-state index contributed by atoms with van der Waals surface area (Å²) in [6.07, 6.45) is 4.37. The highest BCUT2D eigenvalue weighted by Crippen LogP contribution is 2.14. The van der Waals surface area contributed by atoms with Crippen molar-refractivity contribution in [3.8, 4) is 23.7 Å². The summed E-state index contributed by atoms with van der Waals surface area (Å²) in [5.41, 5.74) is 10.0. The zero-order valence-electron chi connectivity index (χ0n) is 27.8. The Labute approximate surface area is 289 Å². The molecule has 49 heavy (non-hydrogen) atoms. The first-order valence-corrected chi connectivity index (χ1v) is 16.7. The Bertz CT molecular complexity index is 1690. The van der Waals surface area contributed by atoms with E-state index in [0.717, 1.165) is 93.4 Å². The molecule has 0 aliphatic carbocycles. The van der Waals surface area contributed by atoms with Crippen LogP contribution in [0, 0.1) is 35.5 Å². The molecule has 6 rings (SSSR count). The normalized spacial score (nSPS) is 14.1. The second kappa shape index (κ2) is 20.9. The fraction of sp³-hybridized carbons (Fsp3) is 0.286. The molecule has 2 saturated heterocycles. The Kier molecular flexibility index (Phi) is 15.7. The maximum atomic E-state index is 12.2. The highest BCUT2D eigenvalue weighted by molar-refractivity contribution is 5.94. The molecule has 2 aliphatic rings. The first kappa shape index (κ1) is 36.7. The van der Waals surface area contributed by atoms with E-state index in [1.54, 1.807) is 24.3 Å². The second-order valence-electron chi connectivity index (χ2n) is 11.7. The van der Waals surface area contributed by atoms with E-state index in [1.807, 2.05) is 84.9 Å². The first-order valence-electron chi connectivity index (χ1n) is 16.7. The van der Waals surface area contributed by atoms with Crippen molar-refractivity contribution < 1.29 is 24.2 Å². The molecule has 0 aromatic heterocycles. The lowest BCUT2D eigenvalue weighted by molar-refractivity contribution is 0.0642. The Morgan fingerprint density at radius 3 is 1.37 bits per heavy atom. The number of carboxylic acid groups (broad SMARTS) is 1. The third-order valence-corrected chi connectivity index (χ3v) is 8.10. The molecule has 1 amide bonds. The van der Waals surface area contributed by atoms with Gasteiger partial charge in [-0.15, -0.1) is 0 Å². The van der Waals surface area contributed by atoms with E-state index >= 15 is 0 Å². The van der Waals surface area contributed by atoms with Gasteiger partial charge in [0.1, 0.15) is 0 Å². The fourth-order valence-corrected chi connectivity index (χ4v) is 5.00. The van der Waals surface area contributed by atoms with Crippen molar-refractivity contribution in [2.45, 2.75) is 25.7 Å². The number of carbonyl (C=O) groups is 2. The van der Waals surface area contributed by atoms with E-state index in [2.05, 4.69) is 29.0 Å². The Hall–Kier alpha value is -5.18. The van der Waals surface area contributed by atoms with Crippen LogP contribution < -0.4 is 11.1 Å². The number of carbonyl (C=O) groups excluding carboxylic acids is 1. The minimum atomic E-state index is -0.924. The van der Waals surface area contributed by atoms with E-state index in [1.165, 1.54) is 0 Å². The van der Waals surface area contributed by atoms with Gasteiger partial charge in [-0.3, -0.25) is 4.79 Å². The van der Waals surface area contributed by atoms with E-state index in [9.17, 15) is 9.59 Å². The van der Waals surface area contributed by atoms with Crippen molar-refractivity contribution in [3.05, 3.63) is 143 Å². The number of aromatic carboxylic acids is 1. The molecule has 252 valence electrons. The van der Waals surface area contributed by atoms with Crippen LogP contribution in [0.1, 0.15) is 68.7 Å². The molecule has 4 N–H and O–H groups in total. The number of nitrogens with two attached hydrogens (primary N) is 1. The van der Waals surface area contributed by atoms with Crippen LogP contribution in [0.4, 0.5) is 0 Å². The van der Waals surface area contributed by atoms with Crippen LogP contribution in [0.25, 0.3) is 0 Å². The summed E-state index contributed by atoms with van der Waals surface area (Å²) in [6.45, 7) is 5.00. The van der Waals surface area contributed by atoms with E-state index < -0.39 is 5.97 Å². The van der Waals surface area contributed by atoms with E-state index in [-0.39, 0.29) is 11.5 Å². The molecule has 7 heteroatoms. The van der Waals surface area contributed by atoms with Gasteiger partial charge in [0.05, 0.1) is 5.56 Å². The lowest BCUT2D eigenvalue weighted by Gasteiger charge is -2.22. The van der Waals surface area contributed by atoms with Crippen LogP contribution in [0.2, 0.25) is 0 Å². The third kappa shape index (κ3) is 13.8. The molecule has 7 nitrogen and oxygen atoms in total. The van der Waals surface area contributed by atoms with Crippen LogP contribution in [0.15, 0.2) is 109 Å². The predicted molar refractivity (Wildman–Crippen MR) is 193 cm³/mol. The summed E-state index contributed by atoms with van der Waals surface area (Å²) >= 11 is 0. The van der Waals surface area contributed by atoms with Crippen LogP contribution in [0.3, 0.4) is 0 Å². The van der Waals surface area contributed by atoms with Crippen LogP contribution in [-0.4, -0.2) is 56.5 Å². The minimum absolute atomic E-state index is 0.0240. The molecule has 0 unspecified atom stereocenters. The number of nitrogens with one attached hydrogen (secondary N) is 1. The van der Waals surface area contributed by atoms with Crippen molar-refractivity contribution in [2.24, 2.45) is 17.6 Å². The lowest BCUT2D eigenvalue weighted by atomic mass is 10.0. The van der Waals surface area contributed by atoms with Crippen LogP contribution in [-0.2, 0) is 9.47 Å². The van der Waals surface area contributed by atoms with Gasteiger partial charge in [0.25, 0.3) is 5.91 Å². The summed E-state index contributed by atoms with van der Waals surface area (Å²) in [5, 5.41) is 11.8. The van der Waals surface area contributed by atoms with E-state index in [0.29, 0.717) is 11.5 Å². The number of carboxylic acids is 1. The van der Waals surface area contributed by atoms with Gasteiger partial charge in [-0.2, -0.15) is 0 Å². The van der Waals surface area contributed by atoms with Gasteiger partial charge < -0.3 is 25.6 Å². The quantitative estimate of drug-likeness (QED) is 0.215. The lowest BCUT2D eigenvalue weighted by Crippen LogP contribution is -2.32. The Balaban J connectivity index is 0.000000187. The summed E-state index contributed by atoms with van der Waals surface area (Å²) < 4.78 is 10.5. The van der Waals surface area contributed by atoms with Crippen molar-refractivity contribution in [3.63, 3.8) is 0 Å². The number of benzene rings is 4.